The van der Waals surface area contributed by atoms with Gasteiger partial charge in [-0.15, -0.1) is 0 Å². The van der Waals surface area contributed by atoms with Crippen molar-refractivity contribution in [1.29, 1.82) is 0 Å². The van der Waals surface area contributed by atoms with Crippen LogP contribution in [-0.4, -0.2) is 34.7 Å². The van der Waals surface area contributed by atoms with E-state index in [-0.39, 0.29) is 16.2 Å². The van der Waals surface area contributed by atoms with Crippen molar-refractivity contribution in [1.82, 2.24) is 14.5 Å². The number of hydrogen-bond donors (Lipinski definition) is 1. The van der Waals surface area contributed by atoms with Crippen molar-refractivity contribution >= 4 is 34.8 Å². The Bertz CT molecular complexity index is 942. The Labute approximate surface area is 159 Å². The van der Waals surface area contributed by atoms with Gasteiger partial charge in [-0.2, -0.15) is 0 Å². The van der Waals surface area contributed by atoms with Crippen LogP contribution < -0.4 is 14.8 Å². The van der Waals surface area contributed by atoms with Crippen molar-refractivity contribution < 1.29 is 14.3 Å². The number of benzene rings is 1. The van der Waals surface area contributed by atoms with E-state index in [0.717, 1.165) is 0 Å². The topological polar surface area (TPSA) is 78.3 Å². The first-order chi connectivity index (χ1) is 12.5. The average Bonchev–Trinajstić information content (AvgIpc) is 3.00. The molecule has 9 heteroatoms. The first kappa shape index (κ1) is 18.0. The van der Waals surface area contributed by atoms with Gasteiger partial charge in [-0.05, 0) is 30.3 Å². The molecule has 1 aromatic carbocycles. The summed E-state index contributed by atoms with van der Waals surface area (Å²) < 4.78 is 11.9. The molecule has 26 heavy (non-hydrogen) atoms. The third-order valence-corrected chi connectivity index (χ3v) is 4.30. The van der Waals surface area contributed by atoms with Crippen molar-refractivity contribution in [3.8, 4) is 17.3 Å². The molecule has 0 bridgehead atoms. The lowest BCUT2D eigenvalue weighted by Crippen LogP contribution is -2.12. The predicted octanol–water partition coefficient (Wildman–Crippen LogP) is 3.84. The van der Waals surface area contributed by atoms with Crippen LogP contribution in [0.5, 0.6) is 11.5 Å². The molecular weight excluding hydrogens is 379 g/mol. The van der Waals surface area contributed by atoms with Gasteiger partial charge in [-0.1, -0.05) is 23.2 Å². The highest BCUT2D eigenvalue weighted by molar-refractivity contribution is 6.40. The molecule has 0 aliphatic heterocycles. The third-order valence-electron chi connectivity index (χ3n) is 3.57. The molecule has 7 nitrogen and oxygen atoms in total. The maximum atomic E-state index is 12.4. The Morgan fingerprint density at radius 2 is 1.85 bits per heavy atom. The van der Waals surface area contributed by atoms with Crippen molar-refractivity contribution in [2.75, 3.05) is 19.5 Å². The minimum atomic E-state index is -0.302. The van der Waals surface area contributed by atoms with E-state index in [9.17, 15) is 4.79 Å². The second-order valence-electron chi connectivity index (χ2n) is 5.13. The molecule has 1 amide bonds. The molecule has 1 N–H and O–H groups in total. The molecule has 0 aliphatic carbocycles. The second kappa shape index (κ2) is 7.63. The smallest absolute Gasteiger partial charge is 0.255 e. The summed E-state index contributed by atoms with van der Waals surface area (Å²) in [5, 5.41) is 3.22. The zero-order valence-electron chi connectivity index (χ0n) is 13.9. The zero-order valence-corrected chi connectivity index (χ0v) is 15.4. The van der Waals surface area contributed by atoms with Crippen LogP contribution in [0.1, 0.15) is 10.4 Å². The van der Waals surface area contributed by atoms with E-state index < -0.39 is 0 Å². The van der Waals surface area contributed by atoms with Crippen LogP contribution in [-0.2, 0) is 0 Å². The number of hydrogen-bond acceptors (Lipinski definition) is 5. The Morgan fingerprint density at radius 3 is 2.42 bits per heavy atom. The number of ether oxygens (including phenoxy) is 2. The van der Waals surface area contributed by atoms with Gasteiger partial charge in [0.15, 0.2) is 21.8 Å². The van der Waals surface area contributed by atoms with Crippen LogP contribution in [0.2, 0.25) is 10.3 Å². The molecule has 3 aromatic rings. The summed E-state index contributed by atoms with van der Waals surface area (Å²) in [6.07, 6.45) is 2.98. The minimum Gasteiger partial charge on any atom is -0.493 e. The normalized spacial score (nSPS) is 10.5. The summed E-state index contributed by atoms with van der Waals surface area (Å²) in [5.41, 5.74) is 0.951. The van der Waals surface area contributed by atoms with Gasteiger partial charge in [0.05, 0.1) is 26.1 Å². The lowest BCUT2D eigenvalue weighted by Gasteiger charge is -2.10. The molecule has 0 aliphatic rings. The highest BCUT2D eigenvalue weighted by Crippen LogP contribution is 2.28. The zero-order chi connectivity index (χ0) is 18.7. The molecule has 0 atom stereocenters. The summed E-state index contributed by atoms with van der Waals surface area (Å²) in [6.45, 7) is 0. The van der Waals surface area contributed by atoms with Crippen molar-refractivity contribution in [2.24, 2.45) is 0 Å². The Morgan fingerprint density at radius 1 is 1.08 bits per heavy atom. The number of pyridine rings is 1. The van der Waals surface area contributed by atoms with Crippen LogP contribution in [0.15, 0.2) is 42.9 Å². The van der Waals surface area contributed by atoms with Gasteiger partial charge in [0.2, 0.25) is 0 Å². The van der Waals surface area contributed by atoms with E-state index in [1.54, 1.807) is 30.3 Å². The number of carbonyl (C=O) groups is 1. The molecule has 0 saturated heterocycles. The standard InChI is InChI=1S/C17H14Cl2N4O3/c1-25-12-5-3-10(7-13(12)26-2)17(24)22-11-4-6-14(20-8-11)23-9-21-15(18)16(23)19/h3-9H,1-2H3,(H,22,24). The fourth-order valence-corrected chi connectivity index (χ4v) is 2.57. The molecule has 0 unspecified atom stereocenters. The van der Waals surface area contributed by atoms with Crippen molar-refractivity contribution in [2.45, 2.75) is 0 Å². The van der Waals surface area contributed by atoms with Crippen LogP contribution in [0.25, 0.3) is 5.82 Å². The summed E-state index contributed by atoms with van der Waals surface area (Å²) >= 11 is 11.9. The third kappa shape index (κ3) is 3.58. The molecule has 0 saturated carbocycles. The van der Waals surface area contributed by atoms with Crippen LogP contribution >= 0.6 is 23.2 Å². The highest BCUT2D eigenvalue weighted by atomic mass is 35.5. The number of nitrogens with one attached hydrogen (secondary N) is 1. The number of imidazole rings is 1. The van der Waals surface area contributed by atoms with Gasteiger partial charge in [0.1, 0.15) is 12.1 Å². The molecule has 0 fully saturated rings. The van der Waals surface area contributed by atoms with Gasteiger partial charge in [0.25, 0.3) is 5.91 Å². The number of amides is 1. The number of carbonyl (C=O) groups excluding carboxylic acids is 1. The SMILES string of the molecule is COc1ccc(C(=O)Nc2ccc(-n3cnc(Cl)c3Cl)nc2)cc1OC. The number of rotatable bonds is 5. The van der Waals surface area contributed by atoms with Crippen LogP contribution in [0.4, 0.5) is 5.69 Å². The van der Waals surface area contributed by atoms with E-state index in [2.05, 4.69) is 15.3 Å². The summed E-state index contributed by atoms with van der Waals surface area (Å²) in [6, 6.07) is 8.30. The summed E-state index contributed by atoms with van der Waals surface area (Å²) in [7, 11) is 3.04. The fourth-order valence-electron chi connectivity index (χ4n) is 2.25. The lowest BCUT2D eigenvalue weighted by atomic mass is 10.2. The van der Waals surface area contributed by atoms with Crippen LogP contribution in [0.3, 0.4) is 0 Å². The number of halogens is 2. The maximum absolute atomic E-state index is 12.4. The first-order valence-electron chi connectivity index (χ1n) is 7.41. The lowest BCUT2D eigenvalue weighted by molar-refractivity contribution is 0.102. The van der Waals surface area contributed by atoms with E-state index in [4.69, 9.17) is 32.7 Å². The minimum absolute atomic E-state index is 0.194. The Hall–Kier alpha value is -2.77. The molecule has 0 radical (unpaired) electrons. The predicted molar refractivity (Wildman–Crippen MR) is 98.9 cm³/mol. The molecular formula is C17H14Cl2N4O3. The maximum Gasteiger partial charge on any atom is 0.255 e. The quantitative estimate of drug-likeness (QED) is 0.713. The summed E-state index contributed by atoms with van der Waals surface area (Å²) in [4.78, 5) is 20.6. The Kier molecular flexibility index (Phi) is 5.29. The molecule has 3 rings (SSSR count). The molecule has 2 heterocycles. The van der Waals surface area contributed by atoms with E-state index in [1.807, 2.05) is 0 Å². The number of methoxy groups -OCH3 is 2. The van der Waals surface area contributed by atoms with Crippen molar-refractivity contribution in [3.63, 3.8) is 0 Å². The second-order valence-corrected chi connectivity index (χ2v) is 5.84. The molecule has 2 aromatic heterocycles. The largest absolute Gasteiger partial charge is 0.493 e. The fraction of sp³-hybridized carbons (Fsp3) is 0.118. The molecule has 134 valence electrons. The first-order valence-corrected chi connectivity index (χ1v) is 8.17. The van der Waals surface area contributed by atoms with Gasteiger partial charge >= 0.3 is 0 Å². The van der Waals surface area contributed by atoms with Crippen molar-refractivity contribution in [3.05, 3.63) is 58.7 Å². The monoisotopic (exact) mass is 392 g/mol. The van der Waals surface area contributed by atoms with E-state index in [1.165, 1.54) is 31.3 Å². The van der Waals surface area contributed by atoms with Gasteiger partial charge in [-0.25, -0.2) is 9.97 Å². The van der Waals surface area contributed by atoms with Gasteiger partial charge in [-0.3, -0.25) is 9.36 Å². The molecule has 0 spiro atoms. The van der Waals surface area contributed by atoms with E-state index in [0.29, 0.717) is 28.6 Å². The van der Waals surface area contributed by atoms with Crippen LogP contribution in [0, 0.1) is 0 Å². The van der Waals surface area contributed by atoms with E-state index >= 15 is 0 Å². The highest BCUT2D eigenvalue weighted by Gasteiger charge is 2.12. The van der Waals surface area contributed by atoms with Gasteiger partial charge in [0, 0.05) is 5.56 Å². The Balaban J connectivity index is 1.77. The number of aromatic nitrogens is 3. The number of anilines is 1. The number of nitrogens with zero attached hydrogens (tertiary/aromatic N) is 3. The van der Waals surface area contributed by atoms with Gasteiger partial charge < -0.3 is 14.8 Å². The summed E-state index contributed by atoms with van der Waals surface area (Å²) in [5.74, 6) is 1.24. The average molecular weight is 393 g/mol.